The predicted octanol–water partition coefficient (Wildman–Crippen LogP) is 15.8. The van der Waals surface area contributed by atoms with Crippen LogP contribution in [0, 0.1) is 41.5 Å². The van der Waals surface area contributed by atoms with Crippen LogP contribution in [0.3, 0.4) is 0 Å². The molecule has 0 unspecified atom stereocenters. The third-order valence-electron chi connectivity index (χ3n) is 12.0. The van der Waals surface area contributed by atoms with E-state index in [0.29, 0.717) is 22.7 Å². The summed E-state index contributed by atoms with van der Waals surface area (Å²) in [5, 5.41) is 0. The normalized spacial score (nSPS) is 11.0. The SMILES string of the molecule is CCC(c1cc(C)cc(C)c1Oc1ccc(N)cc1)c1cc(C)cc(C)c1Oc1ccc(N)cc1.CCC(c1cc(C)ccc1Oc1ccc(N)cc1)c1cc(C)ccc1Oc1ccc(N)cc1. The van der Waals surface area contributed by atoms with Gasteiger partial charge in [-0.25, -0.2) is 0 Å². The maximum atomic E-state index is 6.48. The number of benzene rings is 8. The summed E-state index contributed by atoms with van der Waals surface area (Å²) in [6.45, 7) is 17.1. The summed E-state index contributed by atoms with van der Waals surface area (Å²) >= 11 is 0. The van der Waals surface area contributed by atoms with Crippen molar-refractivity contribution in [3.8, 4) is 46.0 Å². The number of aryl methyl sites for hydroxylation is 6. The molecular weight excluding hydrogens is 841 g/mol. The summed E-state index contributed by atoms with van der Waals surface area (Å²) in [5.74, 6) is 6.64. The van der Waals surface area contributed by atoms with Gasteiger partial charge >= 0.3 is 0 Å². The van der Waals surface area contributed by atoms with Gasteiger partial charge in [-0.2, -0.15) is 0 Å². The molecule has 68 heavy (non-hydrogen) atoms. The van der Waals surface area contributed by atoms with E-state index >= 15 is 0 Å². The average Bonchev–Trinajstić information content (AvgIpc) is 3.31. The lowest BCUT2D eigenvalue weighted by molar-refractivity contribution is 0.457. The largest absolute Gasteiger partial charge is 0.457 e. The number of rotatable bonds is 14. The van der Waals surface area contributed by atoms with E-state index < -0.39 is 0 Å². The highest BCUT2D eigenvalue weighted by Crippen LogP contribution is 2.46. The lowest BCUT2D eigenvalue weighted by Gasteiger charge is -2.25. The molecule has 0 saturated carbocycles. The molecule has 0 amide bonds. The van der Waals surface area contributed by atoms with E-state index in [-0.39, 0.29) is 11.8 Å². The Morgan fingerprint density at radius 1 is 0.324 bits per heavy atom. The van der Waals surface area contributed by atoms with Crippen molar-refractivity contribution >= 4 is 22.7 Å². The van der Waals surface area contributed by atoms with E-state index in [2.05, 4.69) is 104 Å². The first-order chi connectivity index (χ1) is 32.7. The van der Waals surface area contributed by atoms with Crippen molar-refractivity contribution in [1.82, 2.24) is 0 Å². The molecule has 8 heteroatoms. The van der Waals surface area contributed by atoms with Crippen LogP contribution < -0.4 is 41.9 Å². The molecule has 0 aliphatic carbocycles. The van der Waals surface area contributed by atoms with E-state index in [1.54, 1.807) is 0 Å². The molecule has 0 saturated heterocycles. The minimum atomic E-state index is 0.0831. The third-order valence-corrected chi connectivity index (χ3v) is 12.0. The van der Waals surface area contributed by atoms with Crippen LogP contribution in [0.2, 0.25) is 0 Å². The summed E-state index contributed by atoms with van der Waals surface area (Å²) in [5.41, 5.74) is 37.8. The van der Waals surface area contributed by atoms with Crippen LogP contribution >= 0.6 is 0 Å². The molecular formula is C60H64N4O4. The molecule has 0 bridgehead atoms. The van der Waals surface area contributed by atoms with Crippen molar-refractivity contribution in [2.45, 2.75) is 80.1 Å². The van der Waals surface area contributed by atoms with Gasteiger partial charge in [0.2, 0.25) is 0 Å². The van der Waals surface area contributed by atoms with Crippen molar-refractivity contribution in [2.24, 2.45) is 0 Å². The van der Waals surface area contributed by atoms with Gasteiger partial charge in [-0.1, -0.05) is 84.6 Å². The second-order valence-corrected chi connectivity index (χ2v) is 17.7. The lowest BCUT2D eigenvalue weighted by atomic mass is 9.84. The molecule has 8 N–H and O–H groups in total. The van der Waals surface area contributed by atoms with E-state index in [1.807, 2.05) is 109 Å². The molecule has 0 atom stereocenters. The van der Waals surface area contributed by atoms with Crippen molar-refractivity contribution in [3.63, 3.8) is 0 Å². The van der Waals surface area contributed by atoms with Crippen LogP contribution in [0.25, 0.3) is 0 Å². The zero-order valence-corrected chi connectivity index (χ0v) is 40.5. The van der Waals surface area contributed by atoms with Gasteiger partial charge in [0.15, 0.2) is 0 Å². The van der Waals surface area contributed by atoms with Crippen LogP contribution in [-0.4, -0.2) is 0 Å². The van der Waals surface area contributed by atoms with Crippen LogP contribution in [0.4, 0.5) is 22.7 Å². The molecule has 8 aromatic carbocycles. The maximum absolute atomic E-state index is 6.48. The molecule has 8 rings (SSSR count). The van der Waals surface area contributed by atoms with Gasteiger partial charge in [0.05, 0.1) is 0 Å². The summed E-state index contributed by atoms with van der Waals surface area (Å²) in [7, 11) is 0. The highest BCUT2D eigenvalue weighted by molar-refractivity contribution is 5.58. The minimum absolute atomic E-state index is 0.0831. The molecule has 0 heterocycles. The summed E-state index contributed by atoms with van der Waals surface area (Å²) in [4.78, 5) is 0. The number of nitrogens with two attached hydrogens (primary N) is 4. The fourth-order valence-corrected chi connectivity index (χ4v) is 8.69. The van der Waals surface area contributed by atoms with Gasteiger partial charge in [-0.15, -0.1) is 0 Å². The molecule has 0 aromatic heterocycles. The van der Waals surface area contributed by atoms with Gasteiger partial charge in [0.25, 0.3) is 0 Å². The number of nitrogen functional groups attached to an aromatic ring is 4. The first-order valence-corrected chi connectivity index (χ1v) is 23.2. The Balaban J connectivity index is 0.000000202. The van der Waals surface area contributed by atoms with Crippen LogP contribution in [0.15, 0.2) is 158 Å². The number of hydrogen-bond donors (Lipinski definition) is 4. The zero-order valence-electron chi connectivity index (χ0n) is 40.5. The number of hydrogen-bond acceptors (Lipinski definition) is 8. The van der Waals surface area contributed by atoms with Gasteiger partial charge in [0, 0.05) is 56.8 Å². The van der Waals surface area contributed by atoms with Crippen molar-refractivity contribution in [3.05, 3.63) is 213 Å². The van der Waals surface area contributed by atoms with E-state index in [4.69, 9.17) is 41.9 Å². The standard InChI is InChI=1S/C31H34N2O2.C29H30N2O2/c1-6-27(28-17-19(2)15-21(4)30(28)34-25-11-7-23(32)8-12-25)29-18-20(3)16-22(5)31(29)35-26-13-9-24(33)10-14-26;1-4-25(26-17-19(2)5-15-28(26)32-23-11-7-21(30)8-12-23)27-18-20(3)6-16-29(27)33-24-13-9-22(31)10-14-24/h7-18,27H,6,32-33H2,1-5H3;5-18,25H,4,30-31H2,1-3H3. The highest BCUT2D eigenvalue weighted by Gasteiger charge is 2.25. The van der Waals surface area contributed by atoms with Gasteiger partial charge in [0.1, 0.15) is 46.0 Å². The van der Waals surface area contributed by atoms with Crippen molar-refractivity contribution in [1.29, 1.82) is 0 Å². The smallest absolute Gasteiger partial charge is 0.134 e. The topological polar surface area (TPSA) is 141 Å². The predicted molar refractivity (Wildman–Crippen MR) is 282 cm³/mol. The average molecular weight is 905 g/mol. The molecule has 0 fully saturated rings. The summed E-state index contributed by atoms with van der Waals surface area (Å²) in [6, 6.07) is 51.5. The van der Waals surface area contributed by atoms with Crippen LogP contribution in [-0.2, 0) is 0 Å². The Kier molecular flexibility index (Phi) is 15.3. The molecule has 0 radical (unpaired) electrons. The van der Waals surface area contributed by atoms with E-state index in [1.165, 1.54) is 22.3 Å². The summed E-state index contributed by atoms with van der Waals surface area (Å²) in [6.07, 6.45) is 1.78. The third kappa shape index (κ3) is 11.9. The Morgan fingerprint density at radius 2 is 0.603 bits per heavy atom. The zero-order chi connectivity index (χ0) is 48.5. The van der Waals surface area contributed by atoms with Crippen LogP contribution in [0.1, 0.15) is 94.2 Å². The number of anilines is 4. The van der Waals surface area contributed by atoms with Gasteiger partial charge in [-0.05, 0) is 175 Å². The van der Waals surface area contributed by atoms with E-state index in [9.17, 15) is 0 Å². The molecule has 0 aliphatic heterocycles. The van der Waals surface area contributed by atoms with Gasteiger partial charge in [-0.3, -0.25) is 0 Å². The first-order valence-electron chi connectivity index (χ1n) is 23.2. The van der Waals surface area contributed by atoms with Crippen molar-refractivity contribution in [2.75, 3.05) is 22.9 Å². The second kappa shape index (κ2) is 21.6. The summed E-state index contributed by atoms with van der Waals surface area (Å²) < 4.78 is 25.6. The van der Waals surface area contributed by atoms with Gasteiger partial charge < -0.3 is 41.9 Å². The minimum Gasteiger partial charge on any atom is -0.457 e. The first kappa shape index (κ1) is 48.1. The molecule has 8 aromatic rings. The molecule has 0 aliphatic rings. The van der Waals surface area contributed by atoms with Crippen molar-refractivity contribution < 1.29 is 18.9 Å². The Morgan fingerprint density at radius 3 is 0.912 bits per heavy atom. The maximum Gasteiger partial charge on any atom is 0.134 e. The highest BCUT2D eigenvalue weighted by atomic mass is 16.5. The Labute approximate surface area is 402 Å². The Hall–Kier alpha value is -7.84. The lowest BCUT2D eigenvalue weighted by Crippen LogP contribution is -2.07. The monoisotopic (exact) mass is 904 g/mol. The fourth-order valence-electron chi connectivity index (χ4n) is 8.69. The number of ether oxygens (including phenoxy) is 4. The second-order valence-electron chi connectivity index (χ2n) is 17.7. The Bertz CT molecular complexity index is 2770. The molecule has 8 nitrogen and oxygen atoms in total. The van der Waals surface area contributed by atoms with E-state index in [0.717, 1.165) is 92.2 Å². The quantitative estimate of drug-likeness (QED) is 0.0791. The fraction of sp³-hybridized carbons (Fsp3) is 0.200. The van der Waals surface area contributed by atoms with Crippen LogP contribution in [0.5, 0.6) is 46.0 Å². The molecule has 348 valence electrons. The molecule has 0 spiro atoms.